The molecule has 5 heteroatoms. The van der Waals surface area contributed by atoms with Gasteiger partial charge in [0.25, 0.3) is 0 Å². The largest absolute Gasteiger partial charge is 0.382 e. The number of halogens is 1. The Bertz CT molecular complexity index is 591. The number of thioether (sulfide) groups is 1. The van der Waals surface area contributed by atoms with Crippen molar-refractivity contribution in [3.63, 3.8) is 0 Å². The first-order valence-electron chi connectivity index (χ1n) is 8.66. The van der Waals surface area contributed by atoms with Gasteiger partial charge in [-0.25, -0.2) is 4.98 Å². The quantitative estimate of drug-likeness (QED) is 0.560. The highest BCUT2D eigenvalue weighted by Crippen LogP contribution is 2.33. The van der Waals surface area contributed by atoms with Crippen LogP contribution in [-0.2, 0) is 12.1 Å². The van der Waals surface area contributed by atoms with Crippen LogP contribution in [0.2, 0.25) is 5.02 Å². The third kappa shape index (κ3) is 5.83. The molecule has 0 aliphatic heterocycles. The normalized spacial score (nSPS) is 13.8. The third-order valence-corrected chi connectivity index (χ3v) is 5.70. The van der Waals surface area contributed by atoms with Crippen LogP contribution in [0.1, 0.15) is 44.6 Å². The molecule has 0 aliphatic carbocycles. The summed E-state index contributed by atoms with van der Waals surface area (Å²) in [5, 5.41) is 11.9. The van der Waals surface area contributed by atoms with Crippen molar-refractivity contribution < 1.29 is 5.11 Å². The molecule has 0 radical (unpaired) electrons. The summed E-state index contributed by atoms with van der Waals surface area (Å²) in [4.78, 5) is 4.07. The predicted octanol–water partition coefficient (Wildman–Crippen LogP) is 5.13. The summed E-state index contributed by atoms with van der Waals surface area (Å²) >= 11 is 8.15. The molecule has 0 fully saturated rings. The van der Waals surface area contributed by atoms with Crippen LogP contribution < -0.4 is 0 Å². The number of rotatable bonds is 11. The van der Waals surface area contributed by atoms with Gasteiger partial charge in [-0.15, -0.1) is 0 Å². The Balaban J connectivity index is 1.97. The van der Waals surface area contributed by atoms with Crippen molar-refractivity contribution in [3.8, 4) is 0 Å². The third-order valence-electron chi connectivity index (χ3n) is 4.11. The van der Waals surface area contributed by atoms with Crippen molar-refractivity contribution in [1.29, 1.82) is 0 Å². The van der Waals surface area contributed by atoms with Gasteiger partial charge >= 0.3 is 0 Å². The lowest BCUT2D eigenvalue weighted by Crippen LogP contribution is -2.34. The fourth-order valence-electron chi connectivity index (χ4n) is 2.78. The second kappa shape index (κ2) is 10.1. The van der Waals surface area contributed by atoms with Gasteiger partial charge in [0.1, 0.15) is 5.60 Å². The maximum absolute atomic E-state index is 11.3. The van der Waals surface area contributed by atoms with Gasteiger partial charge in [-0.1, -0.05) is 62.4 Å². The van der Waals surface area contributed by atoms with Gasteiger partial charge in [0.2, 0.25) is 0 Å². The van der Waals surface area contributed by atoms with Crippen LogP contribution in [0.25, 0.3) is 0 Å². The summed E-state index contributed by atoms with van der Waals surface area (Å²) in [6.07, 6.45) is 11.7. The van der Waals surface area contributed by atoms with Crippen LogP contribution in [0.4, 0.5) is 0 Å². The van der Waals surface area contributed by atoms with Crippen molar-refractivity contribution in [2.75, 3.05) is 11.5 Å². The van der Waals surface area contributed by atoms with Gasteiger partial charge in [0.15, 0.2) is 0 Å². The molecule has 0 spiro atoms. The SMILES string of the molecule is CCCCCCCSCC(O)(Cn1ccnc1)c1ccccc1Cl. The number of aliphatic hydroxyl groups is 1. The Morgan fingerprint density at radius 2 is 2.00 bits per heavy atom. The van der Waals surface area contributed by atoms with E-state index in [2.05, 4.69) is 11.9 Å². The fourth-order valence-corrected chi connectivity index (χ4v) is 4.23. The van der Waals surface area contributed by atoms with Crippen molar-refractivity contribution in [2.24, 2.45) is 0 Å². The summed E-state index contributed by atoms with van der Waals surface area (Å²) in [6.45, 7) is 2.69. The van der Waals surface area contributed by atoms with Crippen LogP contribution in [0.3, 0.4) is 0 Å². The zero-order valence-electron chi connectivity index (χ0n) is 14.3. The molecule has 0 aliphatic rings. The van der Waals surface area contributed by atoms with Crippen LogP contribution in [0.5, 0.6) is 0 Å². The maximum atomic E-state index is 11.3. The molecule has 2 aromatic rings. The Morgan fingerprint density at radius 1 is 1.21 bits per heavy atom. The van der Waals surface area contributed by atoms with E-state index in [4.69, 9.17) is 11.6 Å². The van der Waals surface area contributed by atoms with Crippen LogP contribution in [0, 0.1) is 0 Å². The van der Waals surface area contributed by atoms with E-state index in [1.807, 2.05) is 35.0 Å². The lowest BCUT2D eigenvalue weighted by molar-refractivity contribution is 0.0435. The summed E-state index contributed by atoms with van der Waals surface area (Å²) in [6, 6.07) is 7.58. The minimum atomic E-state index is -0.993. The van der Waals surface area contributed by atoms with E-state index in [0.29, 0.717) is 17.3 Å². The van der Waals surface area contributed by atoms with E-state index in [1.165, 1.54) is 32.1 Å². The molecule has 1 aromatic heterocycles. The molecule has 0 bridgehead atoms. The molecule has 1 aromatic carbocycles. The highest BCUT2D eigenvalue weighted by molar-refractivity contribution is 7.99. The van der Waals surface area contributed by atoms with E-state index in [1.54, 1.807) is 24.3 Å². The molecule has 1 N–H and O–H groups in total. The van der Waals surface area contributed by atoms with Gasteiger partial charge < -0.3 is 9.67 Å². The van der Waals surface area contributed by atoms with Gasteiger partial charge in [0, 0.05) is 28.7 Å². The highest BCUT2D eigenvalue weighted by atomic mass is 35.5. The van der Waals surface area contributed by atoms with Gasteiger partial charge in [-0.3, -0.25) is 0 Å². The Kier molecular flexibility index (Phi) is 8.16. The number of imidazole rings is 1. The highest BCUT2D eigenvalue weighted by Gasteiger charge is 2.31. The monoisotopic (exact) mass is 366 g/mol. The molecule has 3 nitrogen and oxygen atoms in total. The molecule has 0 amide bonds. The van der Waals surface area contributed by atoms with E-state index < -0.39 is 5.60 Å². The summed E-state index contributed by atoms with van der Waals surface area (Å²) in [7, 11) is 0. The topological polar surface area (TPSA) is 38.0 Å². The minimum absolute atomic E-state index is 0.458. The van der Waals surface area contributed by atoms with E-state index in [-0.39, 0.29) is 0 Å². The van der Waals surface area contributed by atoms with E-state index >= 15 is 0 Å². The van der Waals surface area contributed by atoms with E-state index in [9.17, 15) is 5.11 Å². The maximum Gasteiger partial charge on any atom is 0.118 e. The molecule has 0 saturated heterocycles. The van der Waals surface area contributed by atoms with Crippen molar-refractivity contribution in [2.45, 2.75) is 51.2 Å². The minimum Gasteiger partial charge on any atom is -0.382 e. The Hall–Kier alpha value is -0.970. The van der Waals surface area contributed by atoms with Gasteiger partial charge in [-0.2, -0.15) is 11.8 Å². The molecule has 2 rings (SSSR count). The second-order valence-corrected chi connectivity index (χ2v) is 7.73. The fraction of sp³-hybridized carbons (Fsp3) is 0.526. The average molecular weight is 367 g/mol. The predicted molar refractivity (Wildman–Crippen MR) is 104 cm³/mol. The van der Waals surface area contributed by atoms with Crippen LogP contribution in [0.15, 0.2) is 43.0 Å². The average Bonchev–Trinajstić information content (AvgIpc) is 3.07. The second-order valence-electron chi connectivity index (χ2n) is 6.21. The smallest absolute Gasteiger partial charge is 0.118 e. The van der Waals surface area contributed by atoms with Crippen molar-refractivity contribution >= 4 is 23.4 Å². The molecule has 1 atom stereocenters. The Labute approximate surface area is 154 Å². The number of nitrogens with zero attached hydrogens (tertiary/aromatic N) is 2. The van der Waals surface area contributed by atoms with Gasteiger partial charge in [0.05, 0.1) is 12.9 Å². The lowest BCUT2D eigenvalue weighted by Gasteiger charge is -2.29. The lowest BCUT2D eigenvalue weighted by atomic mass is 9.95. The molecule has 0 saturated carbocycles. The zero-order chi connectivity index (χ0) is 17.3. The number of hydrogen-bond acceptors (Lipinski definition) is 3. The van der Waals surface area contributed by atoms with Crippen molar-refractivity contribution in [3.05, 3.63) is 53.6 Å². The molecule has 24 heavy (non-hydrogen) atoms. The molecule has 132 valence electrons. The molecule has 1 heterocycles. The first kappa shape index (κ1) is 19.4. The number of benzene rings is 1. The van der Waals surface area contributed by atoms with Crippen LogP contribution in [-0.4, -0.2) is 26.2 Å². The zero-order valence-corrected chi connectivity index (χ0v) is 15.9. The standard InChI is InChI=1S/C19H27ClN2OS/c1-2-3-4-5-8-13-24-15-19(23,14-22-12-11-21-16-22)17-9-6-7-10-18(17)20/h6-7,9-12,16,23H,2-5,8,13-15H2,1H3. The first-order valence-corrected chi connectivity index (χ1v) is 10.2. The van der Waals surface area contributed by atoms with Crippen LogP contribution >= 0.6 is 23.4 Å². The Morgan fingerprint density at radius 3 is 2.71 bits per heavy atom. The molecule has 1 unspecified atom stereocenters. The first-order chi connectivity index (χ1) is 11.7. The summed E-state index contributed by atoms with van der Waals surface area (Å²) in [5.74, 6) is 1.70. The van der Waals surface area contributed by atoms with Crippen molar-refractivity contribution in [1.82, 2.24) is 9.55 Å². The number of aromatic nitrogens is 2. The molecular formula is C19H27ClN2OS. The number of unbranched alkanes of at least 4 members (excludes halogenated alkanes) is 4. The number of hydrogen-bond donors (Lipinski definition) is 1. The van der Waals surface area contributed by atoms with E-state index in [0.717, 1.165) is 11.3 Å². The summed E-state index contributed by atoms with van der Waals surface area (Å²) < 4.78 is 1.91. The molecular weight excluding hydrogens is 340 g/mol. The summed E-state index contributed by atoms with van der Waals surface area (Å²) in [5.41, 5.74) is -0.202. The van der Waals surface area contributed by atoms with Gasteiger partial charge in [-0.05, 0) is 18.2 Å².